The van der Waals surface area contributed by atoms with Crippen molar-refractivity contribution < 1.29 is 9.50 Å². The third-order valence-electron chi connectivity index (χ3n) is 4.06. The van der Waals surface area contributed by atoms with E-state index in [-0.39, 0.29) is 11.6 Å². The van der Waals surface area contributed by atoms with Crippen molar-refractivity contribution in [1.29, 1.82) is 0 Å². The summed E-state index contributed by atoms with van der Waals surface area (Å²) in [4.78, 5) is 0. The summed E-state index contributed by atoms with van der Waals surface area (Å²) in [7, 11) is 0. The molecule has 3 unspecified atom stereocenters. The number of halogens is 1. The van der Waals surface area contributed by atoms with E-state index in [1.54, 1.807) is 0 Å². The van der Waals surface area contributed by atoms with Crippen LogP contribution in [0.3, 0.4) is 0 Å². The van der Waals surface area contributed by atoms with Gasteiger partial charge in [-0.3, -0.25) is 0 Å². The van der Waals surface area contributed by atoms with Gasteiger partial charge < -0.3 is 10.4 Å². The van der Waals surface area contributed by atoms with E-state index in [1.165, 1.54) is 31.0 Å². The van der Waals surface area contributed by atoms with E-state index in [2.05, 4.69) is 19.2 Å². The molecular formula is C14H20FNO. The van der Waals surface area contributed by atoms with Crippen LogP contribution in [-0.4, -0.2) is 11.1 Å². The van der Waals surface area contributed by atoms with E-state index in [1.807, 2.05) is 0 Å². The fourth-order valence-electron chi connectivity index (χ4n) is 2.59. The molecule has 1 aromatic rings. The van der Waals surface area contributed by atoms with Crippen LogP contribution in [0.25, 0.3) is 0 Å². The van der Waals surface area contributed by atoms with Gasteiger partial charge in [0.1, 0.15) is 11.6 Å². The lowest BCUT2D eigenvalue weighted by molar-refractivity contribution is 0.366. The highest BCUT2D eigenvalue weighted by Gasteiger charge is 2.29. The Morgan fingerprint density at radius 1 is 1.35 bits per heavy atom. The molecule has 2 N–H and O–H groups in total. The monoisotopic (exact) mass is 237 g/mol. The van der Waals surface area contributed by atoms with Gasteiger partial charge in [-0.15, -0.1) is 0 Å². The van der Waals surface area contributed by atoms with Crippen LogP contribution in [0.15, 0.2) is 18.2 Å². The highest BCUT2D eigenvalue weighted by atomic mass is 19.1. The molecule has 0 aliphatic heterocycles. The van der Waals surface area contributed by atoms with E-state index < -0.39 is 0 Å². The van der Waals surface area contributed by atoms with Crippen LogP contribution in [0.2, 0.25) is 0 Å². The molecule has 1 saturated carbocycles. The van der Waals surface area contributed by atoms with Crippen LogP contribution in [0.4, 0.5) is 4.39 Å². The molecule has 1 aromatic carbocycles. The van der Waals surface area contributed by atoms with Crippen molar-refractivity contribution in [2.75, 3.05) is 0 Å². The summed E-state index contributed by atoms with van der Waals surface area (Å²) >= 11 is 0. The van der Waals surface area contributed by atoms with Gasteiger partial charge in [-0.05, 0) is 42.9 Å². The minimum atomic E-state index is -0.299. The van der Waals surface area contributed by atoms with Gasteiger partial charge in [-0.1, -0.05) is 13.8 Å². The number of phenolic OH excluding ortho intramolecular Hbond substituents is 1. The van der Waals surface area contributed by atoms with E-state index in [9.17, 15) is 9.50 Å². The second kappa shape index (κ2) is 5.05. The molecule has 2 rings (SSSR count). The average Bonchev–Trinajstić information content (AvgIpc) is 2.62. The Morgan fingerprint density at radius 2 is 2.12 bits per heavy atom. The highest BCUT2D eigenvalue weighted by molar-refractivity contribution is 5.32. The molecule has 3 heteroatoms. The summed E-state index contributed by atoms with van der Waals surface area (Å²) in [5.74, 6) is 1.25. The lowest BCUT2D eigenvalue weighted by Gasteiger charge is -2.20. The Morgan fingerprint density at radius 3 is 2.76 bits per heavy atom. The van der Waals surface area contributed by atoms with Crippen LogP contribution < -0.4 is 5.32 Å². The average molecular weight is 237 g/mol. The molecule has 1 fully saturated rings. The van der Waals surface area contributed by atoms with Crippen LogP contribution in [0.1, 0.15) is 32.3 Å². The van der Waals surface area contributed by atoms with Gasteiger partial charge in [0.05, 0.1) is 0 Å². The number of aromatic hydroxyl groups is 1. The third kappa shape index (κ3) is 2.78. The molecule has 0 heterocycles. The zero-order valence-corrected chi connectivity index (χ0v) is 10.4. The fourth-order valence-corrected chi connectivity index (χ4v) is 2.59. The van der Waals surface area contributed by atoms with E-state index in [0.29, 0.717) is 24.1 Å². The summed E-state index contributed by atoms with van der Waals surface area (Å²) in [5.41, 5.74) is 0.636. The molecule has 1 aliphatic rings. The largest absolute Gasteiger partial charge is 0.508 e. The van der Waals surface area contributed by atoms with E-state index >= 15 is 0 Å². The molecule has 0 spiro atoms. The zero-order valence-electron chi connectivity index (χ0n) is 10.4. The minimum absolute atomic E-state index is 0.164. The van der Waals surface area contributed by atoms with Gasteiger partial charge in [0.15, 0.2) is 0 Å². The second-order valence-electron chi connectivity index (χ2n) is 5.17. The molecule has 17 heavy (non-hydrogen) atoms. The molecule has 0 radical (unpaired) electrons. The first-order valence-corrected chi connectivity index (χ1v) is 6.28. The molecule has 0 aromatic heterocycles. The zero-order chi connectivity index (χ0) is 12.4. The van der Waals surface area contributed by atoms with Crippen molar-refractivity contribution in [2.45, 2.75) is 39.3 Å². The van der Waals surface area contributed by atoms with Crippen LogP contribution in [-0.2, 0) is 6.54 Å². The van der Waals surface area contributed by atoms with Gasteiger partial charge in [0, 0.05) is 18.2 Å². The lowest BCUT2D eigenvalue weighted by Crippen LogP contribution is -2.31. The minimum Gasteiger partial charge on any atom is -0.508 e. The maximum absolute atomic E-state index is 13.0. The van der Waals surface area contributed by atoms with Crippen molar-refractivity contribution in [1.82, 2.24) is 5.32 Å². The molecule has 0 bridgehead atoms. The second-order valence-corrected chi connectivity index (χ2v) is 5.17. The molecule has 1 aliphatic carbocycles. The van der Waals surface area contributed by atoms with Crippen molar-refractivity contribution in [3.8, 4) is 5.75 Å². The number of hydrogen-bond donors (Lipinski definition) is 2. The Balaban J connectivity index is 1.96. The van der Waals surface area contributed by atoms with Crippen molar-refractivity contribution in [3.63, 3.8) is 0 Å². The first-order valence-electron chi connectivity index (χ1n) is 6.28. The van der Waals surface area contributed by atoms with E-state index in [4.69, 9.17) is 0 Å². The third-order valence-corrected chi connectivity index (χ3v) is 4.06. The quantitative estimate of drug-likeness (QED) is 0.846. The maximum Gasteiger partial charge on any atom is 0.123 e. The van der Waals surface area contributed by atoms with Crippen molar-refractivity contribution in [3.05, 3.63) is 29.6 Å². The van der Waals surface area contributed by atoms with E-state index in [0.717, 1.165) is 5.92 Å². The van der Waals surface area contributed by atoms with Crippen LogP contribution in [0, 0.1) is 17.7 Å². The number of nitrogens with one attached hydrogen (secondary N) is 1. The molecule has 0 saturated heterocycles. The topological polar surface area (TPSA) is 32.3 Å². The number of phenols is 1. The summed E-state index contributed by atoms with van der Waals surface area (Å²) < 4.78 is 13.0. The predicted molar refractivity (Wildman–Crippen MR) is 66.3 cm³/mol. The van der Waals surface area contributed by atoms with Gasteiger partial charge >= 0.3 is 0 Å². The van der Waals surface area contributed by atoms with Gasteiger partial charge in [-0.2, -0.15) is 0 Å². The lowest BCUT2D eigenvalue weighted by atomic mass is 9.97. The molecule has 94 valence electrons. The van der Waals surface area contributed by atoms with Crippen molar-refractivity contribution >= 4 is 0 Å². The maximum atomic E-state index is 13.0. The molecule has 2 nitrogen and oxygen atoms in total. The Labute approximate surface area is 102 Å². The summed E-state index contributed by atoms with van der Waals surface area (Å²) in [6, 6.07) is 4.56. The summed E-state index contributed by atoms with van der Waals surface area (Å²) in [6.45, 7) is 5.05. The SMILES string of the molecule is CC1CCC(NCc2cc(F)ccc2O)C1C. The van der Waals surface area contributed by atoms with Crippen LogP contribution >= 0.6 is 0 Å². The van der Waals surface area contributed by atoms with Gasteiger partial charge in [0.25, 0.3) is 0 Å². The summed E-state index contributed by atoms with van der Waals surface area (Å²) in [5, 5.41) is 13.0. The van der Waals surface area contributed by atoms with Gasteiger partial charge in [-0.25, -0.2) is 4.39 Å². The standard InChI is InChI=1S/C14H20FNO/c1-9-3-5-13(10(9)2)16-8-11-7-12(15)4-6-14(11)17/h4,6-7,9-10,13,16-17H,3,5,8H2,1-2H3. The predicted octanol–water partition coefficient (Wildman–Crippen LogP) is 3.06. The van der Waals surface area contributed by atoms with Crippen LogP contribution in [0.5, 0.6) is 5.75 Å². The Bertz CT molecular complexity index is 394. The van der Waals surface area contributed by atoms with Crippen molar-refractivity contribution in [2.24, 2.45) is 11.8 Å². The Kier molecular flexibility index (Phi) is 3.67. The summed E-state index contributed by atoms with van der Waals surface area (Å²) in [6.07, 6.45) is 2.41. The normalized spacial score (nSPS) is 28.5. The molecule has 0 amide bonds. The first-order chi connectivity index (χ1) is 8.08. The first kappa shape index (κ1) is 12.4. The fraction of sp³-hybridized carbons (Fsp3) is 0.571. The number of rotatable bonds is 3. The number of hydrogen-bond acceptors (Lipinski definition) is 2. The van der Waals surface area contributed by atoms with Gasteiger partial charge in [0.2, 0.25) is 0 Å². The molecular weight excluding hydrogens is 217 g/mol. The number of benzene rings is 1. The Hall–Kier alpha value is -1.09. The molecule has 3 atom stereocenters. The smallest absolute Gasteiger partial charge is 0.123 e. The highest BCUT2D eigenvalue weighted by Crippen LogP contribution is 2.31.